The van der Waals surface area contributed by atoms with Crippen molar-refractivity contribution in [2.75, 3.05) is 7.11 Å². The highest BCUT2D eigenvalue weighted by atomic mass is 16.5. The fourth-order valence-electron chi connectivity index (χ4n) is 2.04. The van der Waals surface area contributed by atoms with Gasteiger partial charge in [0.05, 0.1) is 12.7 Å². The molecule has 2 N–H and O–H groups in total. The Hall–Kier alpha value is -2.49. The van der Waals surface area contributed by atoms with Crippen molar-refractivity contribution in [3.63, 3.8) is 0 Å². The summed E-state index contributed by atoms with van der Waals surface area (Å²) in [5.74, 6) is -0.361. The minimum atomic E-state index is -0.922. The zero-order chi connectivity index (χ0) is 14.5. The van der Waals surface area contributed by atoms with E-state index in [9.17, 15) is 9.90 Å². The Labute approximate surface area is 117 Å². The Morgan fingerprint density at radius 1 is 1.10 bits per heavy atom. The summed E-state index contributed by atoms with van der Waals surface area (Å²) >= 11 is 0. The minimum absolute atomic E-state index is 0.115. The summed E-state index contributed by atoms with van der Waals surface area (Å²) in [4.78, 5) is 10.9. The van der Waals surface area contributed by atoms with Gasteiger partial charge in [-0.05, 0) is 48.2 Å². The van der Waals surface area contributed by atoms with Crippen molar-refractivity contribution in [2.24, 2.45) is 0 Å². The molecule has 4 nitrogen and oxygen atoms in total. The lowest BCUT2D eigenvalue weighted by molar-refractivity contribution is 0.0696. The summed E-state index contributed by atoms with van der Waals surface area (Å²) in [6.45, 7) is 0. The van der Waals surface area contributed by atoms with E-state index in [0.29, 0.717) is 17.7 Å². The summed E-state index contributed by atoms with van der Waals surface area (Å²) in [5, 5.41) is 18.6. The van der Waals surface area contributed by atoms with Gasteiger partial charge in [-0.3, -0.25) is 0 Å². The standard InChI is InChI=1S/C16H16O4/c1-20-15-8-7-12(10-14(15)17)6-5-11-3-2-4-13(9-11)16(18)19/h2-4,7-10,17H,5-6H2,1H3,(H,18,19). The number of carbonyl (C=O) groups is 1. The van der Waals surface area contributed by atoms with E-state index >= 15 is 0 Å². The van der Waals surface area contributed by atoms with Crippen molar-refractivity contribution in [3.05, 3.63) is 59.2 Å². The molecule has 20 heavy (non-hydrogen) atoms. The van der Waals surface area contributed by atoms with Crippen LogP contribution in [0.15, 0.2) is 42.5 Å². The molecule has 0 saturated carbocycles. The van der Waals surface area contributed by atoms with E-state index in [1.807, 2.05) is 12.1 Å². The van der Waals surface area contributed by atoms with Crippen LogP contribution in [-0.4, -0.2) is 23.3 Å². The molecule has 4 heteroatoms. The van der Waals surface area contributed by atoms with Crippen LogP contribution >= 0.6 is 0 Å². The van der Waals surface area contributed by atoms with Crippen molar-refractivity contribution in [2.45, 2.75) is 12.8 Å². The Morgan fingerprint density at radius 2 is 1.80 bits per heavy atom. The van der Waals surface area contributed by atoms with E-state index in [2.05, 4.69) is 0 Å². The second kappa shape index (κ2) is 6.10. The van der Waals surface area contributed by atoms with Gasteiger partial charge in [-0.1, -0.05) is 18.2 Å². The third-order valence-electron chi connectivity index (χ3n) is 3.12. The number of carboxylic acid groups (broad SMARTS) is 1. The molecule has 0 bridgehead atoms. The predicted octanol–water partition coefficient (Wildman–Crippen LogP) is 2.88. The van der Waals surface area contributed by atoms with Gasteiger partial charge in [0.1, 0.15) is 0 Å². The number of carboxylic acids is 1. The van der Waals surface area contributed by atoms with Crippen LogP contribution in [-0.2, 0) is 12.8 Å². The number of rotatable bonds is 5. The summed E-state index contributed by atoms with van der Waals surface area (Å²) < 4.78 is 4.99. The van der Waals surface area contributed by atoms with Gasteiger partial charge in [-0.15, -0.1) is 0 Å². The maximum Gasteiger partial charge on any atom is 0.335 e. The third-order valence-corrected chi connectivity index (χ3v) is 3.12. The normalized spacial score (nSPS) is 10.2. The molecule has 0 radical (unpaired) electrons. The minimum Gasteiger partial charge on any atom is -0.504 e. The fourth-order valence-corrected chi connectivity index (χ4v) is 2.04. The van der Waals surface area contributed by atoms with E-state index in [-0.39, 0.29) is 5.75 Å². The molecule has 2 aromatic rings. The average molecular weight is 272 g/mol. The molecule has 0 aliphatic carbocycles. The van der Waals surface area contributed by atoms with Crippen molar-refractivity contribution in [1.29, 1.82) is 0 Å². The van der Waals surface area contributed by atoms with Gasteiger partial charge >= 0.3 is 5.97 Å². The molecule has 0 spiro atoms. The van der Waals surface area contributed by atoms with Crippen molar-refractivity contribution < 1.29 is 19.7 Å². The number of aryl methyl sites for hydroxylation is 2. The van der Waals surface area contributed by atoms with Crippen molar-refractivity contribution in [1.82, 2.24) is 0 Å². The molecule has 0 saturated heterocycles. The van der Waals surface area contributed by atoms with Gasteiger partial charge in [0, 0.05) is 0 Å². The number of phenolic OH excluding ortho intramolecular Hbond substituents is 1. The Bertz CT molecular complexity index is 620. The topological polar surface area (TPSA) is 66.8 Å². The number of hydrogen-bond acceptors (Lipinski definition) is 3. The quantitative estimate of drug-likeness (QED) is 0.878. The van der Waals surface area contributed by atoms with E-state index in [1.54, 1.807) is 30.3 Å². The first kappa shape index (κ1) is 13.9. The van der Waals surface area contributed by atoms with Crippen LogP contribution in [0.2, 0.25) is 0 Å². The first-order valence-electron chi connectivity index (χ1n) is 6.28. The summed E-state index contributed by atoms with van der Waals surface area (Å²) in [6, 6.07) is 12.2. The monoisotopic (exact) mass is 272 g/mol. The highest BCUT2D eigenvalue weighted by Gasteiger charge is 2.05. The molecule has 2 aromatic carbocycles. The first-order chi connectivity index (χ1) is 9.60. The van der Waals surface area contributed by atoms with Crippen LogP contribution in [0.25, 0.3) is 0 Å². The Balaban J connectivity index is 2.07. The molecule has 0 heterocycles. The SMILES string of the molecule is COc1ccc(CCc2cccc(C(=O)O)c2)cc1O. The second-order valence-corrected chi connectivity index (χ2v) is 4.51. The number of aromatic hydroxyl groups is 1. The molecule has 0 atom stereocenters. The maximum absolute atomic E-state index is 10.9. The highest BCUT2D eigenvalue weighted by Crippen LogP contribution is 2.26. The van der Waals surface area contributed by atoms with Gasteiger partial charge in [0.25, 0.3) is 0 Å². The van der Waals surface area contributed by atoms with Crippen LogP contribution < -0.4 is 4.74 Å². The van der Waals surface area contributed by atoms with Crippen LogP contribution in [0.1, 0.15) is 21.5 Å². The smallest absolute Gasteiger partial charge is 0.335 e. The Morgan fingerprint density at radius 3 is 2.40 bits per heavy atom. The van der Waals surface area contributed by atoms with E-state index < -0.39 is 5.97 Å². The molecular formula is C16H16O4. The summed E-state index contributed by atoms with van der Waals surface area (Å²) in [6.07, 6.45) is 1.44. The number of ether oxygens (including phenoxy) is 1. The summed E-state index contributed by atoms with van der Waals surface area (Å²) in [7, 11) is 1.51. The molecule has 2 rings (SSSR count). The van der Waals surface area contributed by atoms with Crippen LogP contribution in [0, 0.1) is 0 Å². The number of benzene rings is 2. The second-order valence-electron chi connectivity index (χ2n) is 4.51. The third kappa shape index (κ3) is 3.29. The molecule has 0 amide bonds. The number of aromatic carboxylic acids is 1. The molecule has 0 aliphatic heterocycles. The van der Waals surface area contributed by atoms with Gasteiger partial charge in [-0.25, -0.2) is 4.79 Å². The largest absolute Gasteiger partial charge is 0.504 e. The molecule has 0 fully saturated rings. The van der Waals surface area contributed by atoms with Crippen molar-refractivity contribution >= 4 is 5.97 Å². The zero-order valence-electron chi connectivity index (χ0n) is 11.2. The molecule has 0 aliphatic rings. The molecular weight excluding hydrogens is 256 g/mol. The van der Waals surface area contributed by atoms with E-state index in [0.717, 1.165) is 17.5 Å². The fraction of sp³-hybridized carbons (Fsp3) is 0.188. The van der Waals surface area contributed by atoms with Gasteiger partial charge < -0.3 is 14.9 Å². The molecule has 0 unspecified atom stereocenters. The maximum atomic E-state index is 10.9. The van der Waals surface area contributed by atoms with Gasteiger partial charge in [0.15, 0.2) is 11.5 Å². The van der Waals surface area contributed by atoms with E-state index in [4.69, 9.17) is 9.84 Å². The Kier molecular flexibility index (Phi) is 4.25. The molecule has 0 aromatic heterocycles. The van der Waals surface area contributed by atoms with Crippen LogP contribution in [0.5, 0.6) is 11.5 Å². The van der Waals surface area contributed by atoms with Crippen LogP contribution in [0.4, 0.5) is 0 Å². The summed E-state index contributed by atoms with van der Waals surface area (Å²) in [5.41, 5.74) is 2.23. The lowest BCUT2D eigenvalue weighted by atomic mass is 10.0. The van der Waals surface area contributed by atoms with Crippen molar-refractivity contribution in [3.8, 4) is 11.5 Å². The molecule has 104 valence electrons. The lowest BCUT2D eigenvalue weighted by Crippen LogP contribution is -1.98. The number of hydrogen-bond donors (Lipinski definition) is 2. The number of methoxy groups -OCH3 is 1. The number of phenols is 1. The van der Waals surface area contributed by atoms with Gasteiger partial charge in [0.2, 0.25) is 0 Å². The lowest BCUT2D eigenvalue weighted by Gasteiger charge is -2.07. The van der Waals surface area contributed by atoms with Crippen LogP contribution in [0.3, 0.4) is 0 Å². The van der Waals surface area contributed by atoms with E-state index in [1.165, 1.54) is 7.11 Å². The predicted molar refractivity (Wildman–Crippen MR) is 75.5 cm³/mol. The highest BCUT2D eigenvalue weighted by molar-refractivity contribution is 5.87. The first-order valence-corrected chi connectivity index (χ1v) is 6.28. The average Bonchev–Trinajstić information content (AvgIpc) is 2.45. The zero-order valence-corrected chi connectivity index (χ0v) is 11.2. The van der Waals surface area contributed by atoms with Gasteiger partial charge in [-0.2, -0.15) is 0 Å².